The molecular weight excluding hydrogens is 429 g/mol. The Morgan fingerprint density at radius 3 is 2.73 bits per heavy atom. The molecule has 2 heterocycles. The molecule has 2 atom stereocenters. The fourth-order valence-electron chi connectivity index (χ4n) is 3.20. The van der Waals surface area contributed by atoms with Gasteiger partial charge in [-0.25, -0.2) is 9.07 Å². The van der Waals surface area contributed by atoms with Crippen molar-refractivity contribution in [1.29, 1.82) is 0 Å². The lowest BCUT2D eigenvalue weighted by atomic mass is 10.0. The number of nitrogens with one attached hydrogen (secondary N) is 2. The first-order valence-electron chi connectivity index (χ1n) is 9.27. The number of aromatic nitrogens is 3. The second-order valence-electron chi connectivity index (χ2n) is 6.62. The molecule has 156 valence electrons. The fourth-order valence-corrected chi connectivity index (χ4v) is 4.57. The molecule has 0 radical (unpaired) electrons. The minimum absolute atomic E-state index is 0.247. The maximum atomic E-state index is 13.2. The summed E-state index contributed by atoms with van der Waals surface area (Å²) in [5, 5.41) is 11.7. The van der Waals surface area contributed by atoms with E-state index in [9.17, 15) is 9.18 Å². The van der Waals surface area contributed by atoms with Gasteiger partial charge in [0.15, 0.2) is 5.82 Å². The van der Waals surface area contributed by atoms with E-state index in [1.54, 1.807) is 23.9 Å². The lowest BCUT2D eigenvalue weighted by Crippen LogP contribution is -2.41. The number of hydrogen-bond acceptors (Lipinski definition) is 6. The van der Waals surface area contributed by atoms with Crippen molar-refractivity contribution in [3.63, 3.8) is 0 Å². The van der Waals surface area contributed by atoms with Crippen molar-refractivity contribution in [2.24, 2.45) is 0 Å². The van der Waals surface area contributed by atoms with E-state index in [1.165, 1.54) is 36.0 Å². The highest BCUT2D eigenvalue weighted by molar-refractivity contribution is 8.00. The van der Waals surface area contributed by atoms with Crippen LogP contribution in [-0.2, 0) is 11.2 Å². The van der Waals surface area contributed by atoms with Crippen LogP contribution < -0.4 is 15.5 Å². The first kappa shape index (κ1) is 20.5. The van der Waals surface area contributed by atoms with E-state index in [4.69, 9.17) is 16.3 Å². The smallest absolute Gasteiger partial charge is 0.240 e. The van der Waals surface area contributed by atoms with Crippen LogP contribution in [0.4, 0.5) is 10.1 Å². The highest BCUT2D eigenvalue weighted by atomic mass is 35.5. The maximum absolute atomic E-state index is 13.2. The fraction of sp³-hybridized carbons (Fsp3) is 0.250. The van der Waals surface area contributed by atoms with Gasteiger partial charge in [0.25, 0.3) is 0 Å². The third-order valence-corrected chi connectivity index (χ3v) is 6.24. The predicted octanol–water partition coefficient (Wildman–Crippen LogP) is 4.04. The average Bonchev–Trinajstić information content (AvgIpc) is 3.16. The summed E-state index contributed by atoms with van der Waals surface area (Å²) >= 11 is 7.64. The number of fused-ring (bicyclic) bond motifs is 1. The Morgan fingerprint density at radius 1 is 1.30 bits per heavy atom. The van der Waals surface area contributed by atoms with Crippen LogP contribution in [0.2, 0.25) is 5.02 Å². The van der Waals surface area contributed by atoms with Gasteiger partial charge in [-0.3, -0.25) is 4.79 Å². The first-order chi connectivity index (χ1) is 14.5. The topological polar surface area (TPSA) is 81.1 Å². The van der Waals surface area contributed by atoms with Gasteiger partial charge in [-0.2, -0.15) is 0 Å². The van der Waals surface area contributed by atoms with Crippen LogP contribution in [0.3, 0.4) is 0 Å². The molecule has 0 spiro atoms. The Hall–Kier alpha value is -2.78. The summed E-state index contributed by atoms with van der Waals surface area (Å²) in [6.07, 6.45) is 0.684. The van der Waals surface area contributed by atoms with Crippen molar-refractivity contribution in [2.45, 2.75) is 29.8 Å². The van der Waals surface area contributed by atoms with Gasteiger partial charge in [-0.1, -0.05) is 36.4 Å². The molecule has 2 N–H and O–H groups in total. The monoisotopic (exact) mass is 447 g/mol. The molecule has 7 nitrogen and oxygen atoms in total. The van der Waals surface area contributed by atoms with Gasteiger partial charge in [0.05, 0.1) is 18.2 Å². The number of anilines is 1. The summed E-state index contributed by atoms with van der Waals surface area (Å²) < 4.78 is 20.2. The Morgan fingerprint density at radius 2 is 2.07 bits per heavy atom. The second kappa shape index (κ2) is 8.53. The number of aryl methyl sites for hydroxylation is 1. The summed E-state index contributed by atoms with van der Waals surface area (Å²) in [6.45, 7) is 1.98. The third-order valence-electron chi connectivity index (χ3n) is 4.73. The van der Waals surface area contributed by atoms with Gasteiger partial charge in [0, 0.05) is 12.1 Å². The lowest BCUT2D eigenvalue weighted by molar-refractivity contribution is -0.116. The molecule has 3 aromatic rings. The quantitative estimate of drug-likeness (QED) is 0.614. The Bertz CT molecular complexity index is 1080. The molecule has 0 aliphatic carbocycles. The Balaban J connectivity index is 1.68. The van der Waals surface area contributed by atoms with Gasteiger partial charge < -0.3 is 15.5 Å². The van der Waals surface area contributed by atoms with Gasteiger partial charge >= 0.3 is 0 Å². The number of carbonyl (C=O) groups excluding carboxylic acids is 1. The van der Waals surface area contributed by atoms with Crippen LogP contribution >= 0.6 is 23.4 Å². The number of rotatable bonds is 5. The van der Waals surface area contributed by atoms with E-state index in [0.29, 0.717) is 28.0 Å². The zero-order valence-corrected chi connectivity index (χ0v) is 17.8. The molecular formula is C20H19ClFN5O2S. The minimum Gasteiger partial charge on any atom is -0.495 e. The molecule has 30 heavy (non-hydrogen) atoms. The van der Waals surface area contributed by atoms with E-state index in [1.807, 2.05) is 13.0 Å². The molecule has 4 rings (SSSR count). The van der Waals surface area contributed by atoms with Crippen LogP contribution in [0.5, 0.6) is 5.75 Å². The normalized spacial score (nSPS) is 17.7. The SMILES string of the molecule is CCc1nnc2n1N[C@@H](c1ccc(OC)c(Cl)c1)[C@H](C(=O)Nc1ccc(F)cc1)S2. The van der Waals surface area contributed by atoms with E-state index < -0.39 is 11.3 Å². The number of thioether (sulfide) groups is 1. The maximum Gasteiger partial charge on any atom is 0.240 e. The van der Waals surface area contributed by atoms with E-state index >= 15 is 0 Å². The first-order valence-corrected chi connectivity index (χ1v) is 10.5. The molecule has 0 unspecified atom stereocenters. The Kier molecular flexibility index (Phi) is 5.83. The van der Waals surface area contributed by atoms with Gasteiger partial charge in [0.2, 0.25) is 11.1 Å². The summed E-state index contributed by atoms with van der Waals surface area (Å²) in [6, 6.07) is 10.6. The van der Waals surface area contributed by atoms with Crippen molar-refractivity contribution in [3.8, 4) is 5.75 Å². The molecule has 0 saturated carbocycles. The van der Waals surface area contributed by atoms with Gasteiger partial charge in [-0.15, -0.1) is 10.2 Å². The van der Waals surface area contributed by atoms with Crippen molar-refractivity contribution < 1.29 is 13.9 Å². The molecule has 1 amide bonds. The van der Waals surface area contributed by atoms with Crippen LogP contribution in [0.25, 0.3) is 0 Å². The zero-order chi connectivity index (χ0) is 21.3. The van der Waals surface area contributed by atoms with Gasteiger partial charge in [0.1, 0.15) is 16.8 Å². The zero-order valence-electron chi connectivity index (χ0n) is 16.2. The van der Waals surface area contributed by atoms with Crippen LogP contribution in [0.1, 0.15) is 24.4 Å². The summed E-state index contributed by atoms with van der Waals surface area (Å²) in [4.78, 5) is 13.1. The van der Waals surface area contributed by atoms with Gasteiger partial charge in [-0.05, 0) is 42.0 Å². The number of nitrogens with zero attached hydrogens (tertiary/aromatic N) is 3. The molecule has 1 aromatic heterocycles. The predicted molar refractivity (Wildman–Crippen MR) is 114 cm³/mol. The summed E-state index contributed by atoms with van der Waals surface area (Å²) in [5.74, 6) is 0.700. The molecule has 1 aliphatic rings. The number of amides is 1. The number of methoxy groups -OCH3 is 1. The lowest BCUT2D eigenvalue weighted by Gasteiger charge is -2.33. The number of ether oxygens (including phenoxy) is 1. The number of hydrogen-bond donors (Lipinski definition) is 2. The highest BCUT2D eigenvalue weighted by Gasteiger charge is 2.38. The highest BCUT2D eigenvalue weighted by Crippen LogP contribution is 2.39. The van der Waals surface area contributed by atoms with Crippen molar-refractivity contribution in [1.82, 2.24) is 14.9 Å². The molecule has 0 fully saturated rings. The number of halogens is 2. The largest absolute Gasteiger partial charge is 0.495 e. The number of carbonyl (C=O) groups is 1. The van der Waals surface area contributed by atoms with E-state index in [0.717, 1.165) is 11.4 Å². The standard InChI is InChI=1S/C20H19ClFN5O2S/c1-3-16-24-25-20-27(16)26-17(11-4-9-15(29-2)14(21)10-11)18(30-20)19(28)23-13-7-5-12(22)6-8-13/h4-10,17-18,26H,3H2,1-2H3,(H,23,28)/t17-,18+/m0/s1. The third kappa shape index (κ3) is 3.95. The second-order valence-corrected chi connectivity index (χ2v) is 8.14. The summed E-state index contributed by atoms with van der Waals surface area (Å²) in [5.41, 5.74) is 4.68. The van der Waals surface area contributed by atoms with Crippen LogP contribution in [0.15, 0.2) is 47.6 Å². The molecule has 2 aromatic carbocycles. The van der Waals surface area contributed by atoms with Crippen molar-refractivity contribution >= 4 is 35.0 Å². The van der Waals surface area contributed by atoms with Crippen LogP contribution in [-0.4, -0.2) is 33.1 Å². The molecule has 1 aliphatic heterocycles. The molecule has 10 heteroatoms. The van der Waals surface area contributed by atoms with E-state index in [-0.39, 0.29) is 11.7 Å². The Labute approximate surface area is 181 Å². The summed E-state index contributed by atoms with van der Waals surface area (Å²) in [7, 11) is 1.55. The molecule has 0 bridgehead atoms. The van der Waals surface area contributed by atoms with Crippen molar-refractivity contribution in [2.75, 3.05) is 17.9 Å². The minimum atomic E-state index is -0.569. The average molecular weight is 448 g/mol. The van der Waals surface area contributed by atoms with E-state index in [2.05, 4.69) is 20.9 Å². The van der Waals surface area contributed by atoms with Crippen LogP contribution in [0, 0.1) is 5.82 Å². The van der Waals surface area contributed by atoms with Crippen molar-refractivity contribution in [3.05, 3.63) is 64.7 Å². The number of benzene rings is 2. The molecule has 0 saturated heterocycles.